The molecule has 0 atom stereocenters. The van der Waals surface area contributed by atoms with Gasteiger partial charge in [0.1, 0.15) is 0 Å². The molecule has 5 heteroatoms. The number of phenols is 1. The number of rotatable bonds is 2. The van der Waals surface area contributed by atoms with Gasteiger partial charge >= 0.3 is 0 Å². The Kier molecular flexibility index (Phi) is 2.28. The van der Waals surface area contributed by atoms with Crippen molar-refractivity contribution >= 4 is 11.6 Å². The van der Waals surface area contributed by atoms with E-state index in [1.807, 2.05) is 0 Å². The van der Waals surface area contributed by atoms with Crippen molar-refractivity contribution in [1.29, 1.82) is 0 Å². The Morgan fingerprint density at radius 3 is 2.67 bits per heavy atom. The number of hydrogen-bond acceptors (Lipinski definition) is 3. The molecule has 1 saturated carbocycles. The van der Waals surface area contributed by atoms with Crippen molar-refractivity contribution in [3.63, 3.8) is 0 Å². The highest BCUT2D eigenvalue weighted by Gasteiger charge is 2.45. The molecule has 0 amide bonds. The summed E-state index contributed by atoms with van der Waals surface area (Å²) in [5.41, 5.74) is 5.12. The van der Waals surface area contributed by atoms with E-state index in [0.29, 0.717) is 12.8 Å². The van der Waals surface area contributed by atoms with Crippen molar-refractivity contribution in [3.8, 4) is 11.5 Å². The van der Waals surface area contributed by atoms with Gasteiger partial charge in [0.2, 0.25) is 0 Å². The van der Waals surface area contributed by atoms with Gasteiger partial charge in [-0.2, -0.15) is 0 Å². The molecule has 0 spiro atoms. The summed E-state index contributed by atoms with van der Waals surface area (Å²) in [6, 6.07) is 1.24. The summed E-state index contributed by atoms with van der Waals surface area (Å²) < 4.78 is 18.6. The quantitative estimate of drug-likeness (QED) is 0.820. The second-order valence-electron chi connectivity index (χ2n) is 3.75. The molecule has 1 aromatic rings. The van der Waals surface area contributed by atoms with Crippen LogP contribution in [0.1, 0.15) is 18.4 Å². The summed E-state index contributed by atoms with van der Waals surface area (Å²) in [6.45, 7) is 0. The molecule has 0 heterocycles. The van der Waals surface area contributed by atoms with Gasteiger partial charge in [0.15, 0.2) is 17.3 Å². The molecule has 0 aliphatic heterocycles. The number of benzene rings is 1. The van der Waals surface area contributed by atoms with Gasteiger partial charge in [-0.15, -0.1) is 0 Å². The number of ether oxygens (including phenoxy) is 1. The summed E-state index contributed by atoms with van der Waals surface area (Å²) >= 11 is 5.68. The van der Waals surface area contributed by atoms with E-state index < -0.39 is 11.4 Å². The maximum Gasteiger partial charge on any atom is 0.165 e. The van der Waals surface area contributed by atoms with Crippen LogP contribution >= 0.6 is 11.6 Å². The highest BCUT2D eigenvalue weighted by Crippen LogP contribution is 2.51. The Morgan fingerprint density at radius 2 is 2.20 bits per heavy atom. The predicted octanol–water partition coefficient (Wildman–Crippen LogP) is 2.14. The molecular formula is C10H11ClFNO2. The Bertz CT molecular complexity index is 418. The normalized spacial score (nSPS) is 17.6. The molecule has 2 rings (SSSR count). The maximum absolute atomic E-state index is 13.7. The number of aromatic hydroxyl groups is 1. The van der Waals surface area contributed by atoms with Crippen LogP contribution in [0.4, 0.5) is 4.39 Å². The van der Waals surface area contributed by atoms with Crippen molar-refractivity contribution in [2.24, 2.45) is 5.73 Å². The minimum absolute atomic E-state index is 0.0619. The number of hydrogen-bond donors (Lipinski definition) is 2. The van der Waals surface area contributed by atoms with Crippen LogP contribution in [0.15, 0.2) is 6.07 Å². The zero-order valence-corrected chi connectivity index (χ0v) is 8.94. The second kappa shape index (κ2) is 3.25. The highest BCUT2D eigenvalue weighted by atomic mass is 35.5. The van der Waals surface area contributed by atoms with E-state index in [2.05, 4.69) is 0 Å². The van der Waals surface area contributed by atoms with Gasteiger partial charge < -0.3 is 15.6 Å². The molecular weight excluding hydrogens is 221 g/mol. The van der Waals surface area contributed by atoms with Crippen LogP contribution in [-0.4, -0.2) is 12.2 Å². The highest BCUT2D eigenvalue weighted by molar-refractivity contribution is 6.31. The van der Waals surface area contributed by atoms with Crippen LogP contribution < -0.4 is 10.5 Å². The van der Waals surface area contributed by atoms with Gasteiger partial charge in [-0.1, -0.05) is 11.6 Å². The van der Waals surface area contributed by atoms with Crippen molar-refractivity contribution in [1.82, 2.24) is 0 Å². The van der Waals surface area contributed by atoms with Gasteiger partial charge in [0.25, 0.3) is 0 Å². The lowest BCUT2D eigenvalue weighted by atomic mass is 10.0. The minimum Gasteiger partial charge on any atom is -0.504 e. The number of phenolic OH excluding ortho intramolecular Hbond substituents is 1. The fourth-order valence-corrected chi connectivity index (χ4v) is 1.78. The first-order chi connectivity index (χ1) is 6.99. The fraction of sp³-hybridized carbons (Fsp3) is 0.400. The molecule has 1 fully saturated rings. The molecule has 0 aromatic heterocycles. The van der Waals surface area contributed by atoms with Crippen molar-refractivity contribution in [2.75, 3.05) is 7.11 Å². The lowest BCUT2D eigenvalue weighted by Gasteiger charge is -2.16. The van der Waals surface area contributed by atoms with E-state index in [0.717, 1.165) is 0 Å². The number of methoxy groups -OCH3 is 1. The van der Waals surface area contributed by atoms with Crippen LogP contribution in [0.25, 0.3) is 0 Å². The molecule has 1 aliphatic rings. The van der Waals surface area contributed by atoms with Crippen LogP contribution in [-0.2, 0) is 5.54 Å². The smallest absolute Gasteiger partial charge is 0.165 e. The molecule has 3 nitrogen and oxygen atoms in total. The fourth-order valence-electron chi connectivity index (χ4n) is 1.59. The second-order valence-corrected chi connectivity index (χ2v) is 4.16. The number of nitrogens with two attached hydrogens (primary N) is 1. The van der Waals surface area contributed by atoms with Gasteiger partial charge in [0.05, 0.1) is 17.7 Å². The molecule has 0 bridgehead atoms. The monoisotopic (exact) mass is 231 g/mol. The number of halogens is 2. The van der Waals surface area contributed by atoms with Crippen molar-refractivity contribution in [3.05, 3.63) is 22.5 Å². The molecule has 0 radical (unpaired) electrons. The molecule has 15 heavy (non-hydrogen) atoms. The Morgan fingerprint density at radius 1 is 1.60 bits per heavy atom. The molecule has 0 saturated heterocycles. The third kappa shape index (κ3) is 1.54. The third-order valence-corrected chi connectivity index (χ3v) is 2.94. The average Bonchev–Trinajstić information content (AvgIpc) is 2.91. The first-order valence-corrected chi connectivity index (χ1v) is 4.92. The van der Waals surface area contributed by atoms with E-state index in [9.17, 15) is 9.50 Å². The molecule has 82 valence electrons. The summed E-state index contributed by atoms with van der Waals surface area (Å²) in [7, 11) is 1.38. The van der Waals surface area contributed by atoms with Crippen LogP contribution in [0.5, 0.6) is 11.5 Å². The first-order valence-electron chi connectivity index (χ1n) is 4.54. The van der Waals surface area contributed by atoms with Gasteiger partial charge in [-0.25, -0.2) is 4.39 Å². The summed E-state index contributed by atoms with van der Waals surface area (Å²) in [5.74, 6) is -0.762. The SMILES string of the molecule is COc1cc(Cl)c(F)c(C2(N)CC2)c1O. The third-order valence-electron chi connectivity index (χ3n) is 2.66. The molecule has 1 aliphatic carbocycles. The lowest BCUT2D eigenvalue weighted by molar-refractivity contribution is 0.363. The van der Waals surface area contributed by atoms with E-state index in [1.165, 1.54) is 13.2 Å². The van der Waals surface area contributed by atoms with Crippen LogP contribution in [0.2, 0.25) is 5.02 Å². The van der Waals surface area contributed by atoms with E-state index in [-0.39, 0.29) is 22.1 Å². The summed E-state index contributed by atoms with van der Waals surface area (Å²) in [6.07, 6.45) is 1.28. The first kappa shape index (κ1) is 10.5. The lowest BCUT2D eigenvalue weighted by Crippen LogP contribution is -2.21. The molecule has 0 unspecified atom stereocenters. The maximum atomic E-state index is 13.7. The topological polar surface area (TPSA) is 55.5 Å². The Hall–Kier alpha value is -1.00. The Labute approximate surface area is 91.6 Å². The molecule has 3 N–H and O–H groups in total. The Balaban J connectivity index is 2.65. The van der Waals surface area contributed by atoms with Crippen LogP contribution in [0, 0.1) is 5.82 Å². The predicted molar refractivity (Wildman–Crippen MR) is 54.7 cm³/mol. The van der Waals surface area contributed by atoms with Gasteiger partial charge in [0, 0.05) is 11.6 Å². The van der Waals surface area contributed by atoms with E-state index in [1.54, 1.807) is 0 Å². The zero-order valence-electron chi connectivity index (χ0n) is 8.18. The van der Waals surface area contributed by atoms with Crippen LogP contribution in [0.3, 0.4) is 0 Å². The van der Waals surface area contributed by atoms with Crippen molar-refractivity contribution < 1.29 is 14.2 Å². The van der Waals surface area contributed by atoms with Crippen molar-refractivity contribution in [2.45, 2.75) is 18.4 Å². The minimum atomic E-state index is -0.785. The van der Waals surface area contributed by atoms with Gasteiger partial charge in [-0.3, -0.25) is 0 Å². The standard InChI is InChI=1S/C10H11ClFNO2/c1-15-6-4-5(11)8(12)7(9(6)14)10(13)2-3-10/h4,14H,2-3,13H2,1H3. The largest absolute Gasteiger partial charge is 0.504 e. The van der Waals surface area contributed by atoms with Gasteiger partial charge in [-0.05, 0) is 12.8 Å². The summed E-state index contributed by atoms with van der Waals surface area (Å²) in [5, 5.41) is 9.68. The zero-order chi connectivity index (χ0) is 11.2. The molecule has 1 aromatic carbocycles. The van der Waals surface area contributed by atoms with E-state index >= 15 is 0 Å². The average molecular weight is 232 g/mol. The van der Waals surface area contributed by atoms with E-state index in [4.69, 9.17) is 22.1 Å². The summed E-state index contributed by atoms with van der Waals surface area (Å²) in [4.78, 5) is 0.